The third-order valence-electron chi connectivity index (χ3n) is 2.15. The lowest BCUT2D eigenvalue weighted by molar-refractivity contribution is -0.0456. The Kier molecular flexibility index (Phi) is 3.58. The van der Waals surface area contributed by atoms with Gasteiger partial charge in [-0.25, -0.2) is 0 Å². The summed E-state index contributed by atoms with van der Waals surface area (Å²) in [5.74, 6) is 0. The third-order valence-corrected chi connectivity index (χ3v) is 3.35. The van der Waals surface area contributed by atoms with Gasteiger partial charge in [0.1, 0.15) is 6.10 Å². The van der Waals surface area contributed by atoms with E-state index in [9.17, 15) is 10.2 Å². The van der Waals surface area contributed by atoms with Gasteiger partial charge in [0.15, 0.2) is 0 Å². The minimum absolute atomic E-state index is 0.356. The van der Waals surface area contributed by atoms with Crippen LogP contribution in [0.3, 0.4) is 0 Å². The molecule has 0 amide bonds. The monoisotopic (exact) mass is 234 g/mol. The highest BCUT2D eigenvalue weighted by atomic mass is 35.5. The maximum Gasteiger partial charge on any atom is 0.108 e. The lowest BCUT2D eigenvalue weighted by atomic mass is 9.84. The molecule has 2 unspecified atom stereocenters. The van der Waals surface area contributed by atoms with Gasteiger partial charge in [-0.3, -0.25) is 0 Å². The summed E-state index contributed by atoms with van der Waals surface area (Å²) in [4.78, 5) is 0. The van der Waals surface area contributed by atoms with E-state index in [0.717, 1.165) is 0 Å². The molecule has 2 N–H and O–H groups in total. The summed E-state index contributed by atoms with van der Waals surface area (Å²) >= 11 is 7.23. The largest absolute Gasteiger partial charge is 0.390 e. The van der Waals surface area contributed by atoms with Crippen LogP contribution >= 0.6 is 22.9 Å². The second kappa shape index (κ2) is 4.19. The van der Waals surface area contributed by atoms with Crippen molar-refractivity contribution >= 4 is 22.9 Å². The van der Waals surface area contributed by atoms with Crippen LogP contribution in [0.1, 0.15) is 32.4 Å². The normalized spacial score (nSPS) is 16.7. The van der Waals surface area contributed by atoms with Crippen molar-refractivity contribution in [3.05, 3.63) is 21.3 Å². The molecular formula is C10H15ClO2S. The Bertz CT molecular complexity index is 303. The second-order valence-corrected chi connectivity index (χ2v) is 5.92. The van der Waals surface area contributed by atoms with Crippen molar-refractivity contribution in [1.82, 2.24) is 0 Å². The lowest BCUT2D eigenvalue weighted by Gasteiger charge is -2.29. The van der Waals surface area contributed by atoms with E-state index in [1.54, 1.807) is 11.4 Å². The van der Waals surface area contributed by atoms with Crippen LogP contribution in [0.5, 0.6) is 0 Å². The van der Waals surface area contributed by atoms with E-state index in [2.05, 4.69) is 0 Å². The molecule has 1 aromatic heterocycles. The van der Waals surface area contributed by atoms with Crippen LogP contribution in [-0.2, 0) is 0 Å². The minimum Gasteiger partial charge on any atom is -0.390 e. The molecule has 1 heterocycles. The molecule has 0 aliphatic rings. The van der Waals surface area contributed by atoms with Gasteiger partial charge in [-0.2, -0.15) is 0 Å². The number of thiophene rings is 1. The first kappa shape index (κ1) is 12.0. The number of halogens is 1. The Balaban J connectivity index is 2.86. The van der Waals surface area contributed by atoms with Crippen molar-refractivity contribution < 1.29 is 10.2 Å². The summed E-state index contributed by atoms with van der Waals surface area (Å²) in [5, 5.41) is 21.5. The molecule has 0 aromatic carbocycles. The van der Waals surface area contributed by atoms with Crippen molar-refractivity contribution in [2.75, 3.05) is 0 Å². The van der Waals surface area contributed by atoms with E-state index in [4.69, 9.17) is 11.6 Å². The van der Waals surface area contributed by atoms with Crippen LogP contribution in [0.4, 0.5) is 0 Å². The van der Waals surface area contributed by atoms with Gasteiger partial charge >= 0.3 is 0 Å². The first-order valence-corrected chi connectivity index (χ1v) is 5.69. The van der Waals surface area contributed by atoms with Crippen molar-refractivity contribution in [3.8, 4) is 0 Å². The molecule has 2 nitrogen and oxygen atoms in total. The summed E-state index contributed by atoms with van der Waals surface area (Å²) in [5.41, 5.74) is 0.254. The van der Waals surface area contributed by atoms with Crippen molar-refractivity contribution in [1.29, 1.82) is 0 Å². The van der Waals surface area contributed by atoms with Crippen LogP contribution in [0.15, 0.2) is 11.4 Å². The van der Waals surface area contributed by atoms with Crippen LogP contribution in [0, 0.1) is 5.41 Å². The van der Waals surface area contributed by atoms with Gasteiger partial charge < -0.3 is 10.2 Å². The lowest BCUT2D eigenvalue weighted by Crippen LogP contribution is -2.32. The molecule has 0 radical (unpaired) electrons. The molecule has 0 fully saturated rings. The smallest absolute Gasteiger partial charge is 0.108 e. The Labute approximate surface area is 93.2 Å². The highest BCUT2D eigenvalue weighted by molar-refractivity contribution is 7.14. The summed E-state index contributed by atoms with van der Waals surface area (Å²) < 4.78 is 0.542. The standard InChI is InChI=1S/C10H15ClO2S/c1-10(2,3)8(13)7(12)6-4-5-14-9(6)11/h4-5,7-8,12-13H,1-3H3. The van der Waals surface area contributed by atoms with Crippen LogP contribution in [0.25, 0.3) is 0 Å². The number of aliphatic hydroxyl groups is 2. The van der Waals surface area contributed by atoms with E-state index >= 15 is 0 Å². The Morgan fingerprint density at radius 1 is 1.36 bits per heavy atom. The molecule has 2 atom stereocenters. The minimum atomic E-state index is -0.909. The molecule has 0 saturated heterocycles. The third kappa shape index (κ3) is 2.48. The van der Waals surface area contributed by atoms with Gasteiger partial charge in [-0.1, -0.05) is 32.4 Å². The fraction of sp³-hybridized carbons (Fsp3) is 0.600. The summed E-state index contributed by atoms with van der Waals surface area (Å²) in [7, 11) is 0. The van der Waals surface area contributed by atoms with E-state index < -0.39 is 12.2 Å². The predicted octanol–water partition coefficient (Wildman–Crippen LogP) is 2.84. The van der Waals surface area contributed by atoms with Crippen LogP contribution in [-0.4, -0.2) is 16.3 Å². The van der Waals surface area contributed by atoms with Crippen molar-refractivity contribution in [3.63, 3.8) is 0 Å². The highest BCUT2D eigenvalue weighted by Crippen LogP contribution is 2.35. The molecule has 14 heavy (non-hydrogen) atoms. The van der Waals surface area contributed by atoms with E-state index in [0.29, 0.717) is 9.90 Å². The van der Waals surface area contributed by atoms with Crippen molar-refractivity contribution in [2.45, 2.75) is 33.0 Å². The number of rotatable bonds is 2. The number of hydrogen-bond acceptors (Lipinski definition) is 3. The Hall–Kier alpha value is -0.0900. The molecule has 0 spiro atoms. The number of aliphatic hydroxyl groups excluding tert-OH is 2. The molecule has 0 aliphatic heterocycles. The first-order chi connectivity index (χ1) is 6.34. The molecule has 0 saturated carbocycles. The van der Waals surface area contributed by atoms with Crippen molar-refractivity contribution in [2.24, 2.45) is 5.41 Å². The summed E-state index contributed by atoms with van der Waals surface area (Å²) in [6.07, 6.45) is -1.72. The zero-order chi connectivity index (χ0) is 10.9. The second-order valence-electron chi connectivity index (χ2n) is 4.41. The van der Waals surface area contributed by atoms with Crippen LogP contribution < -0.4 is 0 Å². The van der Waals surface area contributed by atoms with Gasteiger partial charge in [0.25, 0.3) is 0 Å². The average Bonchev–Trinajstić information content (AvgIpc) is 2.47. The summed E-state index contributed by atoms with van der Waals surface area (Å²) in [6, 6.07) is 1.74. The van der Waals surface area contributed by atoms with Gasteiger partial charge in [-0.15, -0.1) is 11.3 Å². The zero-order valence-corrected chi connectivity index (χ0v) is 10.1. The highest BCUT2D eigenvalue weighted by Gasteiger charge is 2.31. The predicted molar refractivity (Wildman–Crippen MR) is 59.8 cm³/mol. The molecule has 80 valence electrons. The molecule has 1 aromatic rings. The molecule has 4 heteroatoms. The zero-order valence-electron chi connectivity index (χ0n) is 8.49. The Morgan fingerprint density at radius 2 is 1.93 bits per heavy atom. The van der Waals surface area contributed by atoms with Gasteiger partial charge in [0.05, 0.1) is 10.4 Å². The van der Waals surface area contributed by atoms with Gasteiger partial charge in [-0.05, 0) is 16.9 Å². The maximum absolute atomic E-state index is 9.87. The molecule has 1 rings (SSSR count). The molecule has 0 aliphatic carbocycles. The molecule has 0 bridgehead atoms. The van der Waals surface area contributed by atoms with Gasteiger partial charge in [0.2, 0.25) is 0 Å². The van der Waals surface area contributed by atoms with E-state index in [1.807, 2.05) is 20.8 Å². The average molecular weight is 235 g/mol. The number of hydrogen-bond donors (Lipinski definition) is 2. The fourth-order valence-corrected chi connectivity index (χ4v) is 2.15. The molecular weight excluding hydrogens is 220 g/mol. The van der Waals surface area contributed by atoms with E-state index in [1.165, 1.54) is 11.3 Å². The Morgan fingerprint density at radius 3 is 2.29 bits per heavy atom. The SMILES string of the molecule is CC(C)(C)C(O)C(O)c1ccsc1Cl. The summed E-state index contributed by atoms with van der Waals surface area (Å²) in [6.45, 7) is 5.63. The first-order valence-electron chi connectivity index (χ1n) is 4.43. The topological polar surface area (TPSA) is 40.5 Å². The fourth-order valence-electron chi connectivity index (χ4n) is 1.16. The quantitative estimate of drug-likeness (QED) is 0.826. The van der Waals surface area contributed by atoms with Crippen LogP contribution in [0.2, 0.25) is 4.34 Å². The van der Waals surface area contributed by atoms with E-state index in [-0.39, 0.29) is 5.41 Å². The van der Waals surface area contributed by atoms with Gasteiger partial charge in [0, 0.05) is 5.56 Å². The maximum atomic E-state index is 9.87.